The topological polar surface area (TPSA) is 71.0 Å². The molecule has 0 aliphatic carbocycles. The number of carbonyl (C=O) groups is 1. The molecule has 0 aromatic carbocycles. The van der Waals surface area contributed by atoms with E-state index < -0.39 is 11.7 Å². The number of hydrogen-bond acceptors (Lipinski definition) is 5. The molecule has 1 aliphatic rings. The fraction of sp³-hybridized carbons (Fsp3) is 0.375. The van der Waals surface area contributed by atoms with Gasteiger partial charge in [0, 0.05) is 19.3 Å². The number of piperidine rings is 1. The summed E-state index contributed by atoms with van der Waals surface area (Å²) in [4.78, 5) is 26.3. The van der Waals surface area contributed by atoms with E-state index in [4.69, 9.17) is 0 Å². The Morgan fingerprint density at radius 3 is 2.61 bits per heavy atom. The van der Waals surface area contributed by atoms with E-state index in [0.717, 1.165) is 38.0 Å². The zero-order chi connectivity index (χ0) is 16.2. The first-order valence-electron chi connectivity index (χ1n) is 7.61. The summed E-state index contributed by atoms with van der Waals surface area (Å²) in [5, 5.41) is 2.59. The maximum absolute atomic E-state index is 13.5. The summed E-state index contributed by atoms with van der Waals surface area (Å²) in [6.07, 6.45) is 7.71. The summed E-state index contributed by atoms with van der Waals surface area (Å²) >= 11 is 0. The van der Waals surface area contributed by atoms with E-state index in [1.807, 2.05) is 0 Å². The molecule has 7 heteroatoms. The van der Waals surface area contributed by atoms with E-state index in [-0.39, 0.29) is 5.56 Å². The number of nitrogens with zero attached hydrogens (tertiary/aromatic N) is 4. The summed E-state index contributed by atoms with van der Waals surface area (Å²) in [7, 11) is 0. The number of pyridine rings is 1. The number of nitrogens with one attached hydrogen (secondary N) is 1. The largest absolute Gasteiger partial charge is 0.341 e. The van der Waals surface area contributed by atoms with Crippen molar-refractivity contribution in [1.82, 2.24) is 15.0 Å². The van der Waals surface area contributed by atoms with Crippen molar-refractivity contribution in [1.29, 1.82) is 0 Å². The number of hydrogen-bond donors (Lipinski definition) is 1. The van der Waals surface area contributed by atoms with Crippen molar-refractivity contribution in [3.63, 3.8) is 0 Å². The Bertz CT molecular complexity index is 683. The number of anilines is 2. The van der Waals surface area contributed by atoms with Crippen LogP contribution in [0.3, 0.4) is 0 Å². The summed E-state index contributed by atoms with van der Waals surface area (Å²) in [6, 6.07) is 1.33. The van der Waals surface area contributed by atoms with E-state index in [1.54, 1.807) is 0 Å². The molecule has 3 rings (SSSR count). The molecule has 0 saturated carbocycles. The highest BCUT2D eigenvalue weighted by Gasteiger charge is 2.18. The van der Waals surface area contributed by atoms with E-state index >= 15 is 0 Å². The molecule has 1 aliphatic heterocycles. The standard InChI is InChI=1S/C16H18FN5O/c1-11-3-6-22(7-4-11)16-19-8-12(9-20-16)21-15(23)13-2-5-18-10-14(13)17/h2,5,8-11H,3-4,6-7H2,1H3,(H,21,23). The van der Waals surface area contributed by atoms with Crippen LogP contribution in [0, 0.1) is 11.7 Å². The second-order valence-electron chi connectivity index (χ2n) is 5.75. The molecule has 0 atom stereocenters. The molecule has 120 valence electrons. The van der Waals surface area contributed by atoms with Gasteiger partial charge < -0.3 is 10.2 Å². The first kappa shape index (κ1) is 15.3. The number of rotatable bonds is 3. The lowest BCUT2D eigenvalue weighted by molar-refractivity contribution is 0.102. The van der Waals surface area contributed by atoms with E-state index in [0.29, 0.717) is 11.6 Å². The monoisotopic (exact) mass is 315 g/mol. The maximum Gasteiger partial charge on any atom is 0.258 e. The third kappa shape index (κ3) is 3.61. The Labute approximate surface area is 133 Å². The molecule has 2 aromatic rings. The van der Waals surface area contributed by atoms with Gasteiger partial charge in [-0.3, -0.25) is 9.78 Å². The molecule has 23 heavy (non-hydrogen) atoms. The van der Waals surface area contributed by atoms with Crippen LogP contribution in [0.25, 0.3) is 0 Å². The molecule has 2 aromatic heterocycles. The van der Waals surface area contributed by atoms with Crippen LogP contribution in [-0.4, -0.2) is 33.9 Å². The molecular formula is C16H18FN5O. The number of halogens is 1. The molecule has 1 N–H and O–H groups in total. The van der Waals surface area contributed by atoms with Crippen LogP contribution in [0.2, 0.25) is 0 Å². The first-order valence-corrected chi connectivity index (χ1v) is 7.61. The van der Waals surface area contributed by atoms with Crippen molar-refractivity contribution >= 4 is 17.5 Å². The second-order valence-corrected chi connectivity index (χ2v) is 5.75. The van der Waals surface area contributed by atoms with Gasteiger partial charge in [-0.25, -0.2) is 14.4 Å². The van der Waals surface area contributed by atoms with Gasteiger partial charge in [-0.2, -0.15) is 0 Å². The fourth-order valence-electron chi connectivity index (χ4n) is 2.52. The normalized spacial score (nSPS) is 15.5. The van der Waals surface area contributed by atoms with Crippen molar-refractivity contribution in [2.75, 3.05) is 23.3 Å². The van der Waals surface area contributed by atoms with Gasteiger partial charge in [0.15, 0.2) is 5.82 Å². The predicted octanol–water partition coefficient (Wildman–Crippen LogP) is 2.50. The Kier molecular flexibility index (Phi) is 4.45. The van der Waals surface area contributed by atoms with Gasteiger partial charge in [0.05, 0.1) is 29.8 Å². The molecule has 0 radical (unpaired) electrons. The minimum atomic E-state index is -0.662. The average molecular weight is 315 g/mol. The van der Waals surface area contributed by atoms with Crippen molar-refractivity contribution < 1.29 is 9.18 Å². The molecule has 1 amide bonds. The molecule has 0 spiro atoms. The second kappa shape index (κ2) is 6.68. The Balaban J connectivity index is 1.66. The van der Waals surface area contributed by atoms with Gasteiger partial charge in [-0.15, -0.1) is 0 Å². The lowest BCUT2D eigenvalue weighted by atomic mass is 10.00. The lowest BCUT2D eigenvalue weighted by Gasteiger charge is -2.30. The van der Waals surface area contributed by atoms with E-state index in [9.17, 15) is 9.18 Å². The molecule has 0 unspecified atom stereocenters. The fourth-order valence-corrected chi connectivity index (χ4v) is 2.52. The van der Waals surface area contributed by atoms with E-state index in [2.05, 4.69) is 32.1 Å². The zero-order valence-corrected chi connectivity index (χ0v) is 12.9. The van der Waals surface area contributed by atoms with Crippen LogP contribution in [-0.2, 0) is 0 Å². The molecule has 1 saturated heterocycles. The summed E-state index contributed by atoms with van der Waals surface area (Å²) in [6.45, 7) is 4.12. The number of aromatic nitrogens is 3. The van der Waals surface area contributed by atoms with E-state index in [1.165, 1.54) is 24.7 Å². The molecule has 1 fully saturated rings. The van der Waals surface area contributed by atoms with Crippen LogP contribution in [0.1, 0.15) is 30.1 Å². The highest BCUT2D eigenvalue weighted by molar-refractivity contribution is 6.04. The van der Waals surface area contributed by atoms with Crippen LogP contribution < -0.4 is 10.2 Å². The van der Waals surface area contributed by atoms with Crippen LogP contribution in [0.4, 0.5) is 16.0 Å². The van der Waals surface area contributed by atoms with Crippen molar-refractivity contribution in [2.24, 2.45) is 5.92 Å². The Morgan fingerprint density at radius 1 is 1.26 bits per heavy atom. The molecule has 3 heterocycles. The molecule has 6 nitrogen and oxygen atoms in total. The Hall–Kier alpha value is -2.57. The number of amides is 1. The Morgan fingerprint density at radius 2 is 1.96 bits per heavy atom. The van der Waals surface area contributed by atoms with Gasteiger partial charge in [-0.1, -0.05) is 6.92 Å². The molecule has 0 bridgehead atoms. The van der Waals surface area contributed by atoms with Crippen LogP contribution >= 0.6 is 0 Å². The predicted molar refractivity (Wildman–Crippen MR) is 84.8 cm³/mol. The van der Waals surface area contributed by atoms with Gasteiger partial charge in [-0.05, 0) is 24.8 Å². The van der Waals surface area contributed by atoms with Gasteiger partial charge in [0.2, 0.25) is 5.95 Å². The minimum absolute atomic E-state index is 0.0610. The lowest BCUT2D eigenvalue weighted by Crippen LogP contribution is -2.34. The van der Waals surface area contributed by atoms with Crippen molar-refractivity contribution in [3.05, 3.63) is 42.2 Å². The first-order chi connectivity index (χ1) is 11.1. The number of carbonyl (C=O) groups excluding carboxylic acids is 1. The minimum Gasteiger partial charge on any atom is -0.341 e. The van der Waals surface area contributed by atoms with Gasteiger partial charge in [0.1, 0.15) is 0 Å². The van der Waals surface area contributed by atoms with Crippen molar-refractivity contribution in [2.45, 2.75) is 19.8 Å². The SMILES string of the molecule is CC1CCN(c2ncc(NC(=O)c3ccncc3F)cn2)CC1. The highest BCUT2D eigenvalue weighted by Crippen LogP contribution is 2.20. The van der Waals surface area contributed by atoms with Crippen LogP contribution in [0.15, 0.2) is 30.9 Å². The van der Waals surface area contributed by atoms with Gasteiger partial charge >= 0.3 is 0 Å². The maximum atomic E-state index is 13.5. The van der Waals surface area contributed by atoms with Crippen LogP contribution in [0.5, 0.6) is 0 Å². The third-order valence-electron chi connectivity index (χ3n) is 3.98. The quantitative estimate of drug-likeness (QED) is 0.942. The van der Waals surface area contributed by atoms with Gasteiger partial charge in [0.25, 0.3) is 5.91 Å². The smallest absolute Gasteiger partial charge is 0.258 e. The average Bonchev–Trinajstić information content (AvgIpc) is 2.57. The summed E-state index contributed by atoms with van der Waals surface area (Å²) in [5.74, 6) is 0.183. The van der Waals surface area contributed by atoms with Crippen molar-refractivity contribution in [3.8, 4) is 0 Å². The highest BCUT2D eigenvalue weighted by atomic mass is 19.1. The summed E-state index contributed by atoms with van der Waals surface area (Å²) in [5.41, 5.74) is 0.370. The zero-order valence-electron chi connectivity index (χ0n) is 12.9. The summed E-state index contributed by atoms with van der Waals surface area (Å²) < 4.78 is 13.5. The molecular weight excluding hydrogens is 297 g/mol. The third-order valence-corrected chi connectivity index (χ3v) is 3.98.